The smallest absolute Gasteiger partial charge is 0.262 e. The Hall–Kier alpha value is -2.22. The number of benzene rings is 1. The molecule has 0 spiro atoms. The summed E-state index contributed by atoms with van der Waals surface area (Å²) in [6.45, 7) is 1.87. The zero-order valence-corrected chi connectivity index (χ0v) is 15.8. The topological polar surface area (TPSA) is 80.2 Å². The molecule has 0 aromatic heterocycles. The van der Waals surface area contributed by atoms with Gasteiger partial charge in [0.05, 0.1) is 14.2 Å². The first-order valence-electron chi connectivity index (χ1n) is 8.66. The lowest BCUT2D eigenvalue weighted by Crippen LogP contribution is -2.33. The van der Waals surface area contributed by atoms with E-state index in [0.717, 1.165) is 31.1 Å². The van der Waals surface area contributed by atoms with Gasteiger partial charge in [-0.05, 0) is 31.4 Å². The number of piperidine rings is 1. The molecular formula is C18H23N3O4S. The van der Waals surface area contributed by atoms with Gasteiger partial charge in [-0.2, -0.15) is 4.99 Å². The third-order valence-corrected chi connectivity index (χ3v) is 5.61. The number of nitrogens with one attached hydrogen (secondary N) is 1. The number of methoxy groups -OCH3 is 2. The van der Waals surface area contributed by atoms with E-state index in [0.29, 0.717) is 17.2 Å². The summed E-state index contributed by atoms with van der Waals surface area (Å²) in [5.74, 6) is 0.676. The van der Waals surface area contributed by atoms with Crippen molar-refractivity contribution in [2.75, 3.05) is 32.6 Å². The number of carbonyl (C=O) groups excluding carboxylic acids is 2. The van der Waals surface area contributed by atoms with Crippen molar-refractivity contribution in [2.45, 2.75) is 30.9 Å². The Labute approximate surface area is 157 Å². The zero-order chi connectivity index (χ0) is 18.5. The Bertz CT molecular complexity index is 716. The molecule has 0 radical (unpaired) electrons. The van der Waals surface area contributed by atoms with Crippen LogP contribution < -0.4 is 14.8 Å². The summed E-state index contributed by atoms with van der Waals surface area (Å²) < 4.78 is 10.4. The second-order valence-electron chi connectivity index (χ2n) is 6.21. The Morgan fingerprint density at radius 1 is 1.23 bits per heavy atom. The molecule has 1 fully saturated rings. The van der Waals surface area contributed by atoms with Gasteiger partial charge in [-0.25, -0.2) is 0 Å². The monoisotopic (exact) mass is 377 g/mol. The van der Waals surface area contributed by atoms with E-state index in [2.05, 4.69) is 15.2 Å². The van der Waals surface area contributed by atoms with Crippen molar-refractivity contribution in [1.82, 2.24) is 4.90 Å². The molecule has 2 aliphatic heterocycles. The predicted octanol–water partition coefficient (Wildman–Crippen LogP) is 2.52. The summed E-state index contributed by atoms with van der Waals surface area (Å²) in [7, 11) is 3.09. The first-order valence-corrected chi connectivity index (χ1v) is 9.54. The summed E-state index contributed by atoms with van der Waals surface area (Å²) in [5, 5.41) is 3.12. The standard InChI is InChI=1S/C18H23N3O4S/c1-24-13-7-6-12(10-14(13)25-2)19-16(22)11-15-17(23)20-18(26-15)21-8-4-3-5-9-21/h6-7,10,15H,3-5,8-9,11H2,1-2H3,(H,19,22)/t15-/m0/s1. The van der Waals surface area contributed by atoms with Crippen molar-refractivity contribution in [3.63, 3.8) is 0 Å². The van der Waals surface area contributed by atoms with E-state index in [9.17, 15) is 9.59 Å². The van der Waals surface area contributed by atoms with Crippen molar-refractivity contribution in [3.05, 3.63) is 18.2 Å². The second-order valence-corrected chi connectivity index (χ2v) is 7.38. The van der Waals surface area contributed by atoms with Crippen LogP contribution in [0.1, 0.15) is 25.7 Å². The van der Waals surface area contributed by atoms with Gasteiger partial charge < -0.3 is 19.7 Å². The third-order valence-electron chi connectivity index (χ3n) is 4.39. The Kier molecular flexibility index (Phi) is 6.03. The van der Waals surface area contributed by atoms with Crippen LogP contribution >= 0.6 is 11.8 Å². The van der Waals surface area contributed by atoms with E-state index < -0.39 is 5.25 Å². The fourth-order valence-corrected chi connectivity index (χ4v) is 4.14. The molecule has 0 bridgehead atoms. The normalized spacial score (nSPS) is 19.9. The molecule has 1 aromatic carbocycles. The summed E-state index contributed by atoms with van der Waals surface area (Å²) >= 11 is 1.40. The minimum absolute atomic E-state index is 0.0959. The second kappa shape index (κ2) is 8.44. The molecule has 2 heterocycles. The van der Waals surface area contributed by atoms with Crippen LogP contribution in [0.15, 0.2) is 23.2 Å². The molecule has 3 rings (SSSR count). The SMILES string of the molecule is COc1ccc(NC(=O)C[C@@H]2SC(N3CCCCC3)=NC2=O)cc1OC. The number of likely N-dealkylation sites (tertiary alicyclic amines) is 1. The number of nitrogens with zero attached hydrogens (tertiary/aromatic N) is 2. The minimum Gasteiger partial charge on any atom is -0.493 e. The third kappa shape index (κ3) is 4.30. The molecule has 1 saturated heterocycles. The van der Waals surface area contributed by atoms with Crippen molar-refractivity contribution < 1.29 is 19.1 Å². The molecule has 1 atom stereocenters. The van der Waals surface area contributed by atoms with E-state index in [4.69, 9.17) is 9.47 Å². The van der Waals surface area contributed by atoms with E-state index in [1.807, 2.05) is 0 Å². The van der Waals surface area contributed by atoms with Gasteiger partial charge in [0.15, 0.2) is 16.7 Å². The average Bonchev–Trinajstić information content (AvgIpc) is 3.02. The summed E-state index contributed by atoms with van der Waals surface area (Å²) in [5.41, 5.74) is 0.597. The van der Waals surface area contributed by atoms with Crippen molar-refractivity contribution >= 4 is 34.4 Å². The van der Waals surface area contributed by atoms with Gasteiger partial charge in [0.1, 0.15) is 5.25 Å². The number of thioether (sulfide) groups is 1. The van der Waals surface area contributed by atoms with Gasteiger partial charge >= 0.3 is 0 Å². The quantitative estimate of drug-likeness (QED) is 0.849. The minimum atomic E-state index is -0.452. The first-order chi connectivity index (χ1) is 12.6. The van der Waals surface area contributed by atoms with E-state index in [-0.39, 0.29) is 18.2 Å². The van der Waals surface area contributed by atoms with E-state index in [1.165, 1.54) is 25.3 Å². The van der Waals surface area contributed by atoms with Crippen LogP contribution in [0.2, 0.25) is 0 Å². The Morgan fingerprint density at radius 2 is 1.96 bits per heavy atom. The van der Waals surface area contributed by atoms with E-state index in [1.54, 1.807) is 25.3 Å². The van der Waals surface area contributed by atoms with Gasteiger partial charge in [0.25, 0.3) is 5.91 Å². The van der Waals surface area contributed by atoms with E-state index >= 15 is 0 Å². The maximum atomic E-state index is 12.3. The number of aliphatic imine (C=N–C) groups is 1. The number of carbonyl (C=O) groups is 2. The van der Waals surface area contributed by atoms with Crippen molar-refractivity contribution in [2.24, 2.45) is 4.99 Å². The zero-order valence-electron chi connectivity index (χ0n) is 15.0. The molecule has 140 valence electrons. The summed E-state index contributed by atoms with van der Waals surface area (Å²) in [6, 6.07) is 5.15. The van der Waals surface area contributed by atoms with Crippen LogP contribution in [0.3, 0.4) is 0 Å². The van der Waals surface area contributed by atoms with Gasteiger partial charge in [-0.1, -0.05) is 11.8 Å². The highest BCUT2D eigenvalue weighted by molar-refractivity contribution is 8.15. The first kappa shape index (κ1) is 18.6. The lowest BCUT2D eigenvalue weighted by molar-refractivity contribution is -0.121. The fraction of sp³-hybridized carbons (Fsp3) is 0.500. The lowest BCUT2D eigenvalue weighted by Gasteiger charge is -2.27. The van der Waals surface area contributed by atoms with Crippen LogP contribution in [0.25, 0.3) is 0 Å². The number of amidine groups is 1. The highest BCUT2D eigenvalue weighted by atomic mass is 32.2. The van der Waals surface area contributed by atoms with Crippen LogP contribution in [-0.4, -0.2) is 54.4 Å². The van der Waals surface area contributed by atoms with Crippen LogP contribution in [-0.2, 0) is 9.59 Å². The fourth-order valence-electron chi connectivity index (χ4n) is 3.02. The largest absolute Gasteiger partial charge is 0.493 e. The van der Waals surface area contributed by atoms with Crippen LogP contribution in [0, 0.1) is 0 Å². The molecule has 2 amide bonds. The molecular weight excluding hydrogens is 354 g/mol. The van der Waals surface area contributed by atoms with Gasteiger partial charge in [0, 0.05) is 31.3 Å². The van der Waals surface area contributed by atoms with Gasteiger partial charge in [0.2, 0.25) is 5.91 Å². The lowest BCUT2D eigenvalue weighted by atomic mass is 10.1. The highest BCUT2D eigenvalue weighted by Gasteiger charge is 2.33. The molecule has 8 heteroatoms. The molecule has 0 aliphatic carbocycles. The number of rotatable bonds is 5. The molecule has 1 aromatic rings. The number of anilines is 1. The number of amides is 2. The molecule has 7 nitrogen and oxygen atoms in total. The number of hydrogen-bond acceptors (Lipinski definition) is 6. The van der Waals surface area contributed by atoms with Crippen LogP contribution in [0.5, 0.6) is 11.5 Å². The van der Waals surface area contributed by atoms with Crippen LogP contribution in [0.4, 0.5) is 5.69 Å². The van der Waals surface area contributed by atoms with Gasteiger partial charge in [-0.3, -0.25) is 9.59 Å². The highest BCUT2D eigenvalue weighted by Crippen LogP contribution is 2.31. The number of ether oxygens (including phenoxy) is 2. The van der Waals surface area contributed by atoms with Gasteiger partial charge in [-0.15, -0.1) is 0 Å². The average molecular weight is 377 g/mol. The Balaban J connectivity index is 1.56. The summed E-state index contributed by atoms with van der Waals surface area (Å²) in [6.07, 6.45) is 3.56. The number of hydrogen-bond donors (Lipinski definition) is 1. The van der Waals surface area contributed by atoms with Crippen molar-refractivity contribution in [3.8, 4) is 11.5 Å². The molecule has 1 N–H and O–H groups in total. The maximum Gasteiger partial charge on any atom is 0.262 e. The molecule has 0 unspecified atom stereocenters. The molecule has 2 aliphatic rings. The van der Waals surface area contributed by atoms with Crippen molar-refractivity contribution in [1.29, 1.82) is 0 Å². The predicted molar refractivity (Wildman–Crippen MR) is 102 cm³/mol. The maximum absolute atomic E-state index is 12.3. The Morgan fingerprint density at radius 3 is 2.65 bits per heavy atom. The molecule has 0 saturated carbocycles. The molecule has 26 heavy (non-hydrogen) atoms. The summed E-state index contributed by atoms with van der Waals surface area (Å²) in [4.78, 5) is 30.8.